The first-order valence-electron chi connectivity index (χ1n) is 8.80. The molecule has 140 valence electrons. The monoisotopic (exact) mass is 386 g/mol. The minimum atomic E-state index is -3.50. The average molecular weight is 387 g/mol. The number of rotatable bonds is 6. The molecule has 0 aromatic heterocycles. The molecule has 0 spiro atoms. The second-order valence-corrected chi connectivity index (χ2v) is 9.12. The van der Waals surface area contributed by atoms with Crippen LogP contribution in [-0.4, -0.2) is 33.2 Å². The standard InChI is InChI=1S/C18H27ClN2O3S/c1-14-9-10-15(19)13-17(14)21(25(2,23)24)12-11-18(22)20-16-7-5-3-4-6-8-16/h9-10,13,16H,3-8,11-12H2,1-2H3,(H,20,22). The first kappa shape index (κ1) is 20.0. The molecule has 0 unspecified atom stereocenters. The van der Waals surface area contributed by atoms with Gasteiger partial charge in [-0.05, 0) is 37.5 Å². The Hall–Kier alpha value is -1.27. The number of carbonyl (C=O) groups excluding carboxylic acids is 1. The van der Waals surface area contributed by atoms with E-state index in [-0.39, 0.29) is 24.9 Å². The molecule has 7 heteroatoms. The van der Waals surface area contributed by atoms with Crippen LogP contribution >= 0.6 is 11.6 Å². The van der Waals surface area contributed by atoms with Crippen molar-refractivity contribution in [1.82, 2.24) is 5.32 Å². The lowest BCUT2D eigenvalue weighted by atomic mass is 10.1. The van der Waals surface area contributed by atoms with E-state index in [1.807, 2.05) is 6.92 Å². The van der Waals surface area contributed by atoms with Crippen LogP contribution in [0.4, 0.5) is 5.69 Å². The van der Waals surface area contributed by atoms with Crippen LogP contribution in [0, 0.1) is 6.92 Å². The quantitative estimate of drug-likeness (QED) is 0.759. The number of halogens is 1. The second-order valence-electron chi connectivity index (χ2n) is 6.77. The van der Waals surface area contributed by atoms with E-state index < -0.39 is 10.0 Å². The molecule has 1 saturated carbocycles. The van der Waals surface area contributed by atoms with Crippen LogP contribution in [0.5, 0.6) is 0 Å². The topological polar surface area (TPSA) is 66.5 Å². The third-order valence-corrected chi connectivity index (χ3v) is 6.02. The molecular formula is C18H27ClN2O3S. The Morgan fingerprint density at radius 3 is 2.48 bits per heavy atom. The Morgan fingerprint density at radius 1 is 1.24 bits per heavy atom. The molecule has 0 bridgehead atoms. The number of hydrogen-bond acceptors (Lipinski definition) is 3. The number of nitrogens with zero attached hydrogens (tertiary/aromatic N) is 1. The molecule has 1 N–H and O–H groups in total. The van der Waals surface area contributed by atoms with Crippen LogP contribution in [0.25, 0.3) is 0 Å². The maximum atomic E-state index is 12.3. The summed E-state index contributed by atoms with van der Waals surface area (Å²) in [5, 5.41) is 3.53. The van der Waals surface area contributed by atoms with Crippen LogP contribution in [0.3, 0.4) is 0 Å². The molecule has 1 fully saturated rings. The van der Waals surface area contributed by atoms with Crippen molar-refractivity contribution in [3.05, 3.63) is 28.8 Å². The van der Waals surface area contributed by atoms with E-state index in [0.29, 0.717) is 10.7 Å². The van der Waals surface area contributed by atoms with Crippen molar-refractivity contribution in [3.8, 4) is 0 Å². The van der Waals surface area contributed by atoms with Gasteiger partial charge >= 0.3 is 0 Å². The Morgan fingerprint density at radius 2 is 1.88 bits per heavy atom. The zero-order valence-electron chi connectivity index (χ0n) is 14.9. The predicted octanol–water partition coefficient (Wildman–Crippen LogP) is 3.64. The summed E-state index contributed by atoms with van der Waals surface area (Å²) in [7, 11) is -3.50. The summed E-state index contributed by atoms with van der Waals surface area (Å²) in [5.41, 5.74) is 1.33. The molecule has 0 saturated heterocycles. The highest BCUT2D eigenvalue weighted by molar-refractivity contribution is 7.92. The summed E-state index contributed by atoms with van der Waals surface area (Å²) >= 11 is 6.02. The van der Waals surface area contributed by atoms with Crippen molar-refractivity contribution in [2.75, 3.05) is 17.1 Å². The van der Waals surface area contributed by atoms with Gasteiger partial charge in [0, 0.05) is 24.0 Å². The fourth-order valence-electron chi connectivity index (χ4n) is 3.24. The fourth-order valence-corrected chi connectivity index (χ4v) is 4.39. The van der Waals surface area contributed by atoms with E-state index in [2.05, 4.69) is 5.32 Å². The Kier molecular flexibility index (Phi) is 7.14. The molecule has 1 amide bonds. The molecule has 1 aromatic carbocycles. The lowest BCUT2D eigenvalue weighted by Gasteiger charge is -2.25. The van der Waals surface area contributed by atoms with Gasteiger partial charge in [0.05, 0.1) is 11.9 Å². The van der Waals surface area contributed by atoms with E-state index in [1.165, 1.54) is 17.1 Å². The lowest BCUT2D eigenvalue weighted by molar-refractivity contribution is -0.121. The summed E-state index contributed by atoms with van der Waals surface area (Å²) < 4.78 is 25.7. The van der Waals surface area contributed by atoms with E-state index in [0.717, 1.165) is 37.5 Å². The highest BCUT2D eigenvalue weighted by Gasteiger charge is 2.21. The normalized spacial score (nSPS) is 16.3. The third kappa shape index (κ3) is 6.19. The van der Waals surface area contributed by atoms with Crippen LogP contribution < -0.4 is 9.62 Å². The van der Waals surface area contributed by atoms with Crippen molar-refractivity contribution in [2.24, 2.45) is 0 Å². The van der Waals surface area contributed by atoms with Gasteiger partial charge in [-0.1, -0.05) is 43.4 Å². The smallest absolute Gasteiger partial charge is 0.232 e. The highest BCUT2D eigenvalue weighted by atomic mass is 35.5. The maximum Gasteiger partial charge on any atom is 0.232 e. The summed E-state index contributed by atoms with van der Waals surface area (Å²) in [6, 6.07) is 5.34. The van der Waals surface area contributed by atoms with Crippen LogP contribution in [0.1, 0.15) is 50.5 Å². The number of nitrogens with one attached hydrogen (secondary N) is 1. The molecule has 1 aliphatic rings. The number of aryl methyl sites for hydroxylation is 1. The van der Waals surface area contributed by atoms with Gasteiger partial charge < -0.3 is 5.32 Å². The van der Waals surface area contributed by atoms with Gasteiger partial charge in [-0.3, -0.25) is 9.10 Å². The van der Waals surface area contributed by atoms with Crippen LogP contribution in [0.15, 0.2) is 18.2 Å². The molecule has 0 atom stereocenters. The zero-order chi connectivity index (χ0) is 18.4. The number of carbonyl (C=O) groups is 1. The molecule has 0 aliphatic heterocycles. The average Bonchev–Trinajstić information content (AvgIpc) is 2.78. The van der Waals surface area contributed by atoms with Gasteiger partial charge in [-0.15, -0.1) is 0 Å². The molecule has 5 nitrogen and oxygen atoms in total. The van der Waals surface area contributed by atoms with Crippen molar-refractivity contribution in [1.29, 1.82) is 0 Å². The van der Waals surface area contributed by atoms with Gasteiger partial charge in [-0.25, -0.2) is 8.42 Å². The molecule has 0 radical (unpaired) electrons. The zero-order valence-corrected chi connectivity index (χ0v) is 16.5. The summed E-state index contributed by atoms with van der Waals surface area (Å²) in [4.78, 5) is 12.3. The van der Waals surface area contributed by atoms with E-state index >= 15 is 0 Å². The van der Waals surface area contributed by atoms with Crippen LogP contribution in [-0.2, 0) is 14.8 Å². The lowest BCUT2D eigenvalue weighted by Crippen LogP contribution is -2.38. The van der Waals surface area contributed by atoms with Gasteiger partial charge in [0.2, 0.25) is 15.9 Å². The molecule has 0 heterocycles. The Labute approximate surface area is 155 Å². The molecule has 2 rings (SSSR count). The van der Waals surface area contributed by atoms with E-state index in [4.69, 9.17) is 11.6 Å². The van der Waals surface area contributed by atoms with Crippen LogP contribution in [0.2, 0.25) is 5.02 Å². The van der Waals surface area contributed by atoms with Crippen molar-refractivity contribution >= 4 is 33.2 Å². The van der Waals surface area contributed by atoms with E-state index in [1.54, 1.807) is 18.2 Å². The van der Waals surface area contributed by atoms with Gasteiger partial charge in [-0.2, -0.15) is 0 Å². The maximum absolute atomic E-state index is 12.3. The fraction of sp³-hybridized carbons (Fsp3) is 0.611. The summed E-state index contributed by atoms with van der Waals surface area (Å²) in [6.07, 6.45) is 8.03. The SMILES string of the molecule is Cc1ccc(Cl)cc1N(CCC(=O)NC1CCCCCC1)S(C)(=O)=O. The first-order valence-corrected chi connectivity index (χ1v) is 11.0. The second kappa shape index (κ2) is 8.90. The predicted molar refractivity (Wildman–Crippen MR) is 103 cm³/mol. The number of anilines is 1. The Balaban J connectivity index is 2.03. The summed E-state index contributed by atoms with van der Waals surface area (Å²) in [5.74, 6) is -0.0970. The number of sulfonamides is 1. The van der Waals surface area contributed by atoms with Gasteiger partial charge in [0.25, 0.3) is 0 Å². The minimum absolute atomic E-state index is 0.0970. The minimum Gasteiger partial charge on any atom is -0.353 e. The van der Waals surface area contributed by atoms with Gasteiger partial charge in [0.1, 0.15) is 0 Å². The summed E-state index contributed by atoms with van der Waals surface area (Å²) in [6.45, 7) is 1.94. The van der Waals surface area contributed by atoms with Gasteiger partial charge in [0.15, 0.2) is 0 Å². The molecule has 1 aliphatic carbocycles. The van der Waals surface area contributed by atoms with Crippen molar-refractivity contribution in [2.45, 2.75) is 57.9 Å². The third-order valence-electron chi connectivity index (χ3n) is 4.60. The molecule has 1 aromatic rings. The van der Waals surface area contributed by atoms with E-state index in [9.17, 15) is 13.2 Å². The number of benzene rings is 1. The number of amides is 1. The molecular weight excluding hydrogens is 360 g/mol. The number of hydrogen-bond donors (Lipinski definition) is 1. The highest BCUT2D eigenvalue weighted by Crippen LogP contribution is 2.26. The first-order chi connectivity index (χ1) is 11.8. The van der Waals surface area contributed by atoms with Crippen molar-refractivity contribution < 1.29 is 13.2 Å². The largest absolute Gasteiger partial charge is 0.353 e. The van der Waals surface area contributed by atoms with Crippen molar-refractivity contribution in [3.63, 3.8) is 0 Å². The Bertz CT molecular complexity index is 698. The molecule has 25 heavy (non-hydrogen) atoms.